The van der Waals surface area contributed by atoms with Crippen LogP contribution in [0.2, 0.25) is 0 Å². The molecule has 0 spiro atoms. The van der Waals surface area contributed by atoms with E-state index in [1.165, 1.54) is 4.57 Å². The largest absolute Gasteiger partial charge is 0.477 e. The highest BCUT2D eigenvalue weighted by Crippen LogP contribution is 2.27. The van der Waals surface area contributed by atoms with Gasteiger partial charge in [-0.2, -0.15) is 5.26 Å². The SMILES string of the molecule is Cc1c(C(=O)O)sc2nc(C)n(Cc3ccccc3C#N)c(=O)c12. The maximum atomic E-state index is 12.9. The second-order valence-electron chi connectivity index (χ2n) is 5.36. The van der Waals surface area contributed by atoms with Gasteiger partial charge in [-0.25, -0.2) is 9.78 Å². The summed E-state index contributed by atoms with van der Waals surface area (Å²) in [7, 11) is 0. The van der Waals surface area contributed by atoms with Crippen molar-refractivity contribution >= 4 is 27.5 Å². The molecule has 3 aromatic rings. The Kier molecular flexibility index (Phi) is 3.91. The number of carboxylic acids is 1. The maximum Gasteiger partial charge on any atom is 0.346 e. The third-order valence-electron chi connectivity index (χ3n) is 3.90. The molecule has 3 rings (SSSR count). The lowest BCUT2D eigenvalue weighted by molar-refractivity contribution is 0.0701. The number of hydrogen-bond acceptors (Lipinski definition) is 5. The molecule has 0 aliphatic carbocycles. The summed E-state index contributed by atoms with van der Waals surface area (Å²) >= 11 is 1.01. The van der Waals surface area contributed by atoms with Crippen molar-refractivity contribution in [3.05, 3.63) is 62.0 Å². The van der Waals surface area contributed by atoms with Crippen LogP contribution < -0.4 is 5.56 Å². The summed E-state index contributed by atoms with van der Waals surface area (Å²) in [5.74, 6) is -0.577. The molecular formula is C17H13N3O3S. The number of carbonyl (C=O) groups is 1. The number of nitriles is 1. The van der Waals surface area contributed by atoms with Crippen LogP contribution >= 0.6 is 11.3 Å². The number of rotatable bonds is 3. The molecule has 2 aromatic heterocycles. The van der Waals surface area contributed by atoms with Crippen molar-refractivity contribution in [2.45, 2.75) is 20.4 Å². The third-order valence-corrected chi connectivity index (χ3v) is 5.08. The minimum atomic E-state index is -1.06. The van der Waals surface area contributed by atoms with E-state index < -0.39 is 5.97 Å². The molecule has 2 heterocycles. The molecule has 0 radical (unpaired) electrons. The maximum absolute atomic E-state index is 12.9. The van der Waals surface area contributed by atoms with Crippen molar-refractivity contribution in [2.75, 3.05) is 0 Å². The Morgan fingerprint density at radius 1 is 1.38 bits per heavy atom. The van der Waals surface area contributed by atoms with Gasteiger partial charge in [0.05, 0.1) is 23.6 Å². The molecule has 24 heavy (non-hydrogen) atoms. The van der Waals surface area contributed by atoms with Crippen molar-refractivity contribution in [2.24, 2.45) is 0 Å². The van der Waals surface area contributed by atoms with E-state index in [9.17, 15) is 20.0 Å². The summed E-state index contributed by atoms with van der Waals surface area (Å²) in [5, 5.41) is 18.8. The van der Waals surface area contributed by atoms with Gasteiger partial charge in [0, 0.05) is 0 Å². The number of nitrogens with zero attached hydrogens (tertiary/aromatic N) is 3. The van der Waals surface area contributed by atoms with Crippen LogP contribution in [-0.4, -0.2) is 20.6 Å². The molecule has 0 bridgehead atoms. The van der Waals surface area contributed by atoms with Gasteiger partial charge in [0.25, 0.3) is 5.56 Å². The minimum absolute atomic E-state index is 0.129. The summed E-state index contributed by atoms with van der Waals surface area (Å²) in [6.45, 7) is 3.54. The first-order valence-corrected chi connectivity index (χ1v) is 7.97. The molecule has 0 saturated heterocycles. The van der Waals surface area contributed by atoms with Crippen molar-refractivity contribution in [1.29, 1.82) is 5.26 Å². The number of aromatic nitrogens is 2. The van der Waals surface area contributed by atoms with Gasteiger partial charge in [0.15, 0.2) is 0 Å². The van der Waals surface area contributed by atoms with Crippen LogP contribution in [0.5, 0.6) is 0 Å². The van der Waals surface area contributed by atoms with Crippen molar-refractivity contribution in [3.63, 3.8) is 0 Å². The summed E-state index contributed by atoms with van der Waals surface area (Å²) in [4.78, 5) is 29.1. The van der Waals surface area contributed by atoms with E-state index in [0.29, 0.717) is 27.2 Å². The topological polar surface area (TPSA) is 96.0 Å². The summed E-state index contributed by atoms with van der Waals surface area (Å²) in [5.41, 5.74) is 1.36. The summed E-state index contributed by atoms with van der Waals surface area (Å²) < 4.78 is 1.48. The molecular weight excluding hydrogens is 326 g/mol. The highest BCUT2D eigenvalue weighted by atomic mass is 32.1. The normalized spacial score (nSPS) is 10.7. The molecule has 0 aliphatic rings. The lowest BCUT2D eigenvalue weighted by Crippen LogP contribution is -2.24. The monoisotopic (exact) mass is 339 g/mol. The smallest absolute Gasteiger partial charge is 0.346 e. The van der Waals surface area contributed by atoms with E-state index in [0.717, 1.165) is 16.9 Å². The van der Waals surface area contributed by atoms with Crippen LogP contribution in [0.3, 0.4) is 0 Å². The molecule has 0 saturated carbocycles. The van der Waals surface area contributed by atoms with Crippen LogP contribution in [0.25, 0.3) is 10.2 Å². The molecule has 120 valence electrons. The molecule has 0 atom stereocenters. The van der Waals surface area contributed by atoms with Crippen LogP contribution in [0.15, 0.2) is 29.1 Å². The first-order valence-electron chi connectivity index (χ1n) is 7.16. The average Bonchev–Trinajstić information content (AvgIpc) is 2.88. The highest BCUT2D eigenvalue weighted by Gasteiger charge is 2.20. The Hall–Kier alpha value is -2.98. The zero-order valence-corrected chi connectivity index (χ0v) is 13.8. The number of fused-ring (bicyclic) bond motifs is 1. The Balaban J connectivity index is 2.23. The Labute approximate surface area is 141 Å². The van der Waals surface area contributed by atoms with Crippen LogP contribution in [0, 0.1) is 25.2 Å². The quantitative estimate of drug-likeness (QED) is 0.791. The van der Waals surface area contributed by atoms with E-state index in [1.807, 2.05) is 0 Å². The zero-order valence-electron chi connectivity index (χ0n) is 13.0. The molecule has 7 heteroatoms. The summed E-state index contributed by atoms with van der Waals surface area (Å²) in [6.07, 6.45) is 0. The second-order valence-corrected chi connectivity index (χ2v) is 6.36. The van der Waals surface area contributed by atoms with Gasteiger partial charge < -0.3 is 5.11 Å². The molecule has 0 amide bonds. The van der Waals surface area contributed by atoms with Crippen LogP contribution in [-0.2, 0) is 6.54 Å². The molecule has 0 aliphatic heterocycles. The Morgan fingerprint density at radius 3 is 2.75 bits per heavy atom. The Bertz CT molecular complexity index is 1070. The molecule has 6 nitrogen and oxygen atoms in total. The van der Waals surface area contributed by atoms with Crippen molar-refractivity contribution in [1.82, 2.24) is 9.55 Å². The van der Waals surface area contributed by atoms with Gasteiger partial charge >= 0.3 is 5.97 Å². The third kappa shape index (κ3) is 2.47. The first kappa shape index (κ1) is 15.9. The van der Waals surface area contributed by atoms with E-state index in [2.05, 4.69) is 11.1 Å². The predicted molar refractivity (Wildman–Crippen MR) is 90.6 cm³/mol. The van der Waals surface area contributed by atoms with E-state index in [1.54, 1.807) is 38.1 Å². The minimum Gasteiger partial charge on any atom is -0.477 e. The fourth-order valence-electron chi connectivity index (χ4n) is 2.65. The lowest BCUT2D eigenvalue weighted by Gasteiger charge is -2.10. The van der Waals surface area contributed by atoms with Gasteiger partial charge in [-0.3, -0.25) is 9.36 Å². The number of aryl methyl sites for hydroxylation is 2. The lowest BCUT2D eigenvalue weighted by atomic mass is 10.1. The van der Waals surface area contributed by atoms with Gasteiger partial charge in [-0.15, -0.1) is 11.3 Å². The molecule has 1 N–H and O–H groups in total. The van der Waals surface area contributed by atoms with Crippen LogP contribution in [0.1, 0.15) is 32.2 Å². The van der Waals surface area contributed by atoms with Crippen LogP contribution in [0.4, 0.5) is 0 Å². The van der Waals surface area contributed by atoms with E-state index in [4.69, 9.17) is 0 Å². The van der Waals surface area contributed by atoms with E-state index in [-0.39, 0.29) is 17.0 Å². The highest BCUT2D eigenvalue weighted by molar-refractivity contribution is 7.20. The number of thiophene rings is 1. The van der Waals surface area contributed by atoms with Gasteiger partial charge in [-0.1, -0.05) is 18.2 Å². The van der Waals surface area contributed by atoms with Gasteiger partial charge in [0.1, 0.15) is 15.5 Å². The van der Waals surface area contributed by atoms with Crippen molar-refractivity contribution < 1.29 is 9.90 Å². The number of aromatic carboxylic acids is 1. The van der Waals surface area contributed by atoms with E-state index >= 15 is 0 Å². The predicted octanol–water partition coefficient (Wildman–Crippen LogP) is 2.69. The summed E-state index contributed by atoms with van der Waals surface area (Å²) in [6, 6.07) is 9.17. The van der Waals surface area contributed by atoms with Gasteiger partial charge in [0.2, 0.25) is 0 Å². The number of hydrogen-bond donors (Lipinski definition) is 1. The van der Waals surface area contributed by atoms with Crippen molar-refractivity contribution in [3.8, 4) is 6.07 Å². The molecule has 1 aromatic carbocycles. The fourth-order valence-corrected chi connectivity index (χ4v) is 3.70. The standard InChI is InChI=1S/C17H13N3O3S/c1-9-13-15(24-14(9)17(22)23)19-10(2)20(16(13)21)8-12-6-4-3-5-11(12)7-18/h3-6H,8H2,1-2H3,(H,22,23). The average molecular weight is 339 g/mol. The zero-order chi connectivity index (χ0) is 17.4. The second kappa shape index (κ2) is 5.91. The number of benzene rings is 1. The Morgan fingerprint density at radius 2 is 2.08 bits per heavy atom. The molecule has 0 fully saturated rings. The molecule has 0 unspecified atom stereocenters. The fraction of sp³-hybridized carbons (Fsp3) is 0.176. The first-order chi connectivity index (χ1) is 11.4. The van der Waals surface area contributed by atoms with Gasteiger partial charge in [-0.05, 0) is 31.0 Å². The number of carboxylic acid groups (broad SMARTS) is 1.